The third-order valence-electron chi connectivity index (χ3n) is 2.52. The molecule has 0 aliphatic heterocycles. The van der Waals surface area contributed by atoms with Gasteiger partial charge in [-0.05, 0) is 60.8 Å². The number of benzene rings is 1. The minimum absolute atomic E-state index is 0.298. The highest BCUT2D eigenvalue weighted by molar-refractivity contribution is 9.10. The van der Waals surface area contributed by atoms with E-state index in [4.69, 9.17) is 5.26 Å². The Hall–Kier alpha value is -1.34. The molecular formula is C13H15BrN2O. The maximum absolute atomic E-state index is 11.9. The zero-order valence-corrected chi connectivity index (χ0v) is 12.0. The normalized spacial score (nSPS) is 10.8. The second-order valence-corrected chi connectivity index (χ2v) is 5.48. The summed E-state index contributed by atoms with van der Waals surface area (Å²) < 4.78 is 0.831. The Balaban J connectivity index is 3.06. The summed E-state index contributed by atoms with van der Waals surface area (Å²) in [6.45, 7) is 7.11. The molecule has 3 nitrogen and oxygen atoms in total. The molecule has 0 aliphatic carbocycles. The molecule has 4 heteroatoms. The summed E-state index contributed by atoms with van der Waals surface area (Å²) in [4.78, 5) is 11.9. The van der Waals surface area contributed by atoms with E-state index in [9.17, 15) is 4.79 Å². The highest BCUT2D eigenvalue weighted by Crippen LogP contribution is 2.29. The number of carbonyl (C=O) groups is 1. The second kappa shape index (κ2) is 4.89. The van der Waals surface area contributed by atoms with Gasteiger partial charge in [0.05, 0.1) is 11.8 Å². The fraction of sp³-hybridized carbons (Fsp3) is 0.385. The Morgan fingerprint density at radius 1 is 1.41 bits per heavy atom. The van der Waals surface area contributed by atoms with Crippen molar-refractivity contribution in [1.82, 2.24) is 0 Å². The molecule has 1 aromatic carbocycles. The minimum atomic E-state index is -1.03. The molecule has 0 aliphatic rings. The number of nitrogens with zero attached hydrogens (tertiary/aromatic N) is 1. The number of hydrogen-bond acceptors (Lipinski definition) is 2. The number of nitriles is 1. The number of halogens is 1. The van der Waals surface area contributed by atoms with Gasteiger partial charge in [-0.3, -0.25) is 4.79 Å². The Morgan fingerprint density at radius 2 is 2.00 bits per heavy atom. The van der Waals surface area contributed by atoms with Crippen LogP contribution in [0.25, 0.3) is 0 Å². The molecule has 1 N–H and O–H groups in total. The first-order valence-corrected chi connectivity index (χ1v) is 6.06. The molecule has 1 aromatic rings. The monoisotopic (exact) mass is 294 g/mol. The van der Waals surface area contributed by atoms with Crippen molar-refractivity contribution in [2.75, 3.05) is 5.32 Å². The van der Waals surface area contributed by atoms with E-state index in [1.807, 2.05) is 32.0 Å². The number of nitrogens with one attached hydrogen (secondary N) is 1. The lowest BCUT2D eigenvalue weighted by Crippen LogP contribution is -2.29. The van der Waals surface area contributed by atoms with E-state index in [1.165, 1.54) is 0 Å². The minimum Gasteiger partial charge on any atom is -0.323 e. The highest BCUT2D eigenvalue weighted by Gasteiger charge is 2.28. The molecule has 0 atom stereocenters. The maximum Gasteiger partial charge on any atom is 0.244 e. The van der Waals surface area contributed by atoms with Gasteiger partial charge < -0.3 is 5.32 Å². The van der Waals surface area contributed by atoms with Gasteiger partial charge in [-0.2, -0.15) is 5.26 Å². The van der Waals surface area contributed by atoms with Gasteiger partial charge in [0.15, 0.2) is 0 Å². The third kappa shape index (κ3) is 3.07. The van der Waals surface area contributed by atoms with E-state index >= 15 is 0 Å². The second-order valence-electron chi connectivity index (χ2n) is 4.63. The fourth-order valence-corrected chi connectivity index (χ4v) is 2.17. The van der Waals surface area contributed by atoms with E-state index in [0.717, 1.165) is 21.3 Å². The zero-order valence-electron chi connectivity index (χ0n) is 10.4. The summed E-state index contributed by atoms with van der Waals surface area (Å²) in [6, 6.07) is 5.90. The molecular weight excluding hydrogens is 280 g/mol. The van der Waals surface area contributed by atoms with Crippen LogP contribution in [0.1, 0.15) is 25.0 Å². The first kappa shape index (κ1) is 13.7. The largest absolute Gasteiger partial charge is 0.323 e. The maximum atomic E-state index is 11.9. The smallest absolute Gasteiger partial charge is 0.244 e. The van der Waals surface area contributed by atoms with E-state index in [-0.39, 0.29) is 5.91 Å². The third-order valence-corrected chi connectivity index (χ3v) is 3.14. The SMILES string of the molecule is Cc1cc(C)c(NC(=O)C(C)(C)C#N)c(Br)c1. The molecule has 0 spiro atoms. The Kier molecular flexibility index (Phi) is 3.94. The van der Waals surface area contributed by atoms with Crippen LogP contribution in [0.4, 0.5) is 5.69 Å². The van der Waals surface area contributed by atoms with Crippen LogP contribution >= 0.6 is 15.9 Å². The summed E-state index contributed by atoms with van der Waals surface area (Å²) in [5.74, 6) is -0.298. The molecule has 17 heavy (non-hydrogen) atoms. The first-order valence-electron chi connectivity index (χ1n) is 5.27. The van der Waals surface area contributed by atoms with E-state index in [2.05, 4.69) is 21.2 Å². The van der Waals surface area contributed by atoms with Gasteiger partial charge in [-0.1, -0.05) is 6.07 Å². The van der Waals surface area contributed by atoms with Crippen LogP contribution < -0.4 is 5.32 Å². The fourth-order valence-electron chi connectivity index (χ4n) is 1.39. The van der Waals surface area contributed by atoms with Crippen LogP contribution in [0.3, 0.4) is 0 Å². The molecule has 0 radical (unpaired) electrons. The van der Waals surface area contributed by atoms with E-state index in [1.54, 1.807) is 13.8 Å². The predicted octanol–water partition coefficient (Wildman–Crippen LogP) is 3.55. The number of amides is 1. The number of carbonyl (C=O) groups excluding carboxylic acids is 1. The van der Waals surface area contributed by atoms with Crippen molar-refractivity contribution in [3.63, 3.8) is 0 Å². The lowest BCUT2D eigenvalue weighted by atomic mass is 9.94. The zero-order chi connectivity index (χ0) is 13.2. The van der Waals surface area contributed by atoms with Gasteiger partial charge in [-0.15, -0.1) is 0 Å². The molecule has 0 saturated heterocycles. The topological polar surface area (TPSA) is 52.9 Å². The summed E-state index contributed by atoms with van der Waals surface area (Å²) in [6.07, 6.45) is 0. The number of anilines is 1. The van der Waals surface area contributed by atoms with Gasteiger partial charge in [-0.25, -0.2) is 0 Å². The van der Waals surface area contributed by atoms with Gasteiger partial charge in [0.1, 0.15) is 5.41 Å². The molecule has 0 unspecified atom stereocenters. The lowest BCUT2D eigenvalue weighted by molar-refractivity contribution is -0.121. The Labute approximate surface area is 110 Å². The summed E-state index contributed by atoms with van der Waals surface area (Å²) in [5.41, 5.74) is 1.78. The van der Waals surface area contributed by atoms with Gasteiger partial charge in [0.2, 0.25) is 5.91 Å². The van der Waals surface area contributed by atoms with E-state index < -0.39 is 5.41 Å². The van der Waals surface area contributed by atoms with Crippen molar-refractivity contribution in [2.24, 2.45) is 5.41 Å². The van der Waals surface area contributed by atoms with Crippen LogP contribution in [0.5, 0.6) is 0 Å². The summed E-state index contributed by atoms with van der Waals surface area (Å²) in [7, 11) is 0. The molecule has 1 amide bonds. The molecule has 0 saturated carbocycles. The number of rotatable bonds is 2. The van der Waals surface area contributed by atoms with Crippen LogP contribution in [-0.2, 0) is 4.79 Å². The first-order chi connectivity index (χ1) is 7.77. The highest BCUT2D eigenvalue weighted by atomic mass is 79.9. The average molecular weight is 295 g/mol. The molecule has 0 bridgehead atoms. The quantitative estimate of drug-likeness (QED) is 0.907. The van der Waals surface area contributed by atoms with Crippen molar-refractivity contribution in [1.29, 1.82) is 5.26 Å². The molecule has 1 rings (SSSR count). The Bertz CT molecular complexity index is 478. The van der Waals surface area contributed by atoms with Crippen molar-refractivity contribution in [3.05, 3.63) is 27.7 Å². The number of aryl methyl sites for hydroxylation is 2. The van der Waals surface area contributed by atoms with Crippen molar-refractivity contribution in [3.8, 4) is 6.07 Å². The van der Waals surface area contributed by atoms with Gasteiger partial charge >= 0.3 is 0 Å². The predicted molar refractivity (Wildman–Crippen MR) is 71.6 cm³/mol. The standard InChI is InChI=1S/C13H15BrN2O/c1-8-5-9(2)11(10(14)6-8)16-12(17)13(3,4)7-15/h5-6H,1-4H3,(H,16,17). The average Bonchev–Trinajstić information content (AvgIpc) is 2.22. The van der Waals surface area contributed by atoms with Crippen molar-refractivity contribution < 1.29 is 4.79 Å². The molecule has 90 valence electrons. The van der Waals surface area contributed by atoms with Crippen molar-refractivity contribution in [2.45, 2.75) is 27.7 Å². The summed E-state index contributed by atoms with van der Waals surface area (Å²) in [5, 5.41) is 11.7. The lowest BCUT2D eigenvalue weighted by Gasteiger charge is -2.17. The van der Waals surface area contributed by atoms with Gasteiger partial charge in [0, 0.05) is 4.47 Å². The van der Waals surface area contributed by atoms with Crippen LogP contribution in [-0.4, -0.2) is 5.91 Å². The summed E-state index contributed by atoms with van der Waals surface area (Å²) >= 11 is 3.42. The van der Waals surface area contributed by atoms with Crippen LogP contribution in [0.2, 0.25) is 0 Å². The van der Waals surface area contributed by atoms with Crippen LogP contribution in [0.15, 0.2) is 16.6 Å². The van der Waals surface area contributed by atoms with Gasteiger partial charge in [0.25, 0.3) is 0 Å². The molecule has 0 aromatic heterocycles. The van der Waals surface area contributed by atoms with Crippen molar-refractivity contribution >= 4 is 27.5 Å². The molecule has 0 heterocycles. The Morgan fingerprint density at radius 3 is 2.47 bits per heavy atom. The van der Waals surface area contributed by atoms with E-state index in [0.29, 0.717) is 0 Å². The van der Waals surface area contributed by atoms with Crippen LogP contribution in [0, 0.1) is 30.6 Å². The number of hydrogen-bond donors (Lipinski definition) is 1. The molecule has 0 fully saturated rings.